The lowest BCUT2D eigenvalue weighted by molar-refractivity contribution is -0.153. The maximum atomic E-state index is 12.7. The van der Waals surface area contributed by atoms with E-state index in [1.54, 1.807) is 0 Å². The fourth-order valence-corrected chi connectivity index (χ4v) is 3.68. The third-order valence-corrected chi connectivity index (χ3v) is 5.14. The predicted molar refractivity (Wildman–Crippen MR) is 67.9 cm³/mol. The van der Waals surface area contributed by atoms with Crippen LogP contribution in [0.15, 0.2) is 0 Å². The normalized spacial score (nSPS) is 29.3. The quantitative estimate of drug-likeness (QED) is 0.806. The van der Waals surface area contributed by atoms with Crippen LogP contribution in [0.25, 0.3) is 0 Å². The van der Waals surface area contributed by atoms with Crippen molar-refractivity contribution in [2.45, 2.75) is 63.5 Å². The Morgan fingerprint density at radius 2 is 1.89 bits per heavy atom. The molecule has 3 rings (SSSR count). The Morgan fingerprint density at radius 1 is 1.22 bits per heavy atom. The number of hydrogen-bond acceptors (Lipinski definition) is 2. The Kier molecular flexibility index (Phi) is 2.83. The standard InChI is InChI=1S/C14H22N2O2/c1-10(11-5-4-6-11)16-9-12(17)15-14(13(16)18)7-2-3-8-14/h10-11H,2-9H2,1H3,(H,15,17). The molecule has 1 unspecified atom stereocenters. The highest BCUT2D eigenvalue weighted by atomic mass is 16.2. The number of rotatable bonds is 2. The average molecular weight is 250 g/mol. The van der Waals surface area contributed by atoms with Crippen molar-refractivity contribution in [3.8, 4) is 0 Å². The monoisotopic (exact) mass is 250 g/mol. The van der Waals surface area contributed by atoms with Crippen LogP contribution >= 0.6 is 0 Å². The minimum Gasteiger partial charge on any atom is -0.340 e. The van der Waals surface area contributed by atoms with Gasteiger partial charge in [0.25, 0.3) is 0 Å². The fraction of sp³-hybridized carbons (Fsp3) is 0.857. The van der Waals surface area contributed by atoms with Gasteiger partial charge < -0.3 is 10.2 Å². The number of nitrogens with zero attached hydrogens (tertiary/aromatic N) is 1. The van der Waals surface area contributed by atoms with Crippen molar-refractivity contribution >= 4 is 11.8 Å². The van der Waals surface area contributed by atoms with Gasteiger partial charge in [0.1, 0.15) is 5.54 Å². The summed E-state index contributed by atoms with van der Waals surface area (Å²) in [5, 5.41) is 2.97. The zero-order valence-electron chi connectivity index (χ0n) is 11.1. The first-order chi connectivity index (χ1) is 8.62. The zero-order valence-corrected chi connectivity index (χ0v) is 11.1. The van der Waals surface area contributed by atoms with Gasteiger partial charge in [-0.25, -0.2) is 0 Å². The van der Waals surface area contributed by atoms with E-state index in [4.69, 9.17) is 0 Å². The van der Waals surface area contributed by atoms with Gasteiger partial charge in [-0.2, -0.15) is 0 Å². The minimum atomic E-state index is -0.548. The second-order valence-corrected chi connectivity index (χ2v) is 6.20. The summed E-state index contributed by atoms with van der Waals surface area (Å²) in [6.45, 7) is 2.38. The summed E-state index contributed by atoms with van der Waals surface area (Å²) >= 11 is 0. The predicted octanol–water partition coefficient (Wildman–Crippen LogP) is 1.45. The van der Waals surface area contributed by atoms with Crippen molar-refractivity contribution in [3.63, 3.8) is 0 Å². The molecule has 0 aromatic heterocycles. The first kappa shape index (κ1) is 12.0. The maximum Gasteiger partial charge on any atom is 0.249 e. The van der Waals surface area contributed by atoms with Gasteiger partial charge in [0.05, 0.1) is 6.54 Å². The number of nitrogens with one attached hydrogen (secondary N) is 1. The van der Waals surface area contributed by atoms with Gasteiger partial charge in [0, 0.05) is 6.04 Å². The summed E-state index contributed by atoms with van der Waals surface area (Å²) in [6, 6.07) is 0.231. The van der Waals surface area contributed by atoms with Gasteiger partial charge >= 0.3 is 0 Å². The molecule has 1 heterocycles. The minimum absolute atomic E-state index is 0.0303. The Bertz CT molecular complexity index is 370. The molecule has 0 radical (unpaired) electrons. The second-order valence-electron chi connectivity index (χ2n) is 6.20. The van der Waals surface area contributed by atoms with E-state index in [0.29, 0.717) is 5.92 Å². The summed E-state index contributed by atoms with van der Waals surface area (Å²) in [5.41, 5.74) is -0.548. The van der Waals surface area contributed by atoms with E-state index in [-0.39, 0.29) is 24.4 Å². The molecule has 3 aliphatic rings. The molecule has 1 atom stereocenters. The highest BCUT2D eigenvalue weighted by Crippen LogP contribution is 2.37. The van der Waals surface area contributed by atoms with Crippen molar-refractivity contribution < 1.29 is 9.59 Å². The summed E-state index contributed by atoms with van der Waals surface area (Å²) in [4.78, 5) is 26.5. The summed E-state index contributed by atoms with van der Waals surface area (Å²) < 4.78 is 0. The molecule has 2 amide bonds. The molecule has 3 fully saturated rings. The van der Waals surface area contributed by atoms with Gasteiger partial charge in [-0.05, 0) is 38.5 Å². The van der Waals surface area contributed by atoms with Crippen LogP contribution in [0.2, 0.25) is 0 Å². The van der Waals surface area contributed by atoms with E-state index in [1.807, 2.05) is 4.90 Å². The molecule has 2 aliphatic carbocycles. The van der Waals surface area contributed by atoms with Gasteiger partial charge in [-0.3, -0.25) is 9.59 Å². The maximum absolute atomic E-state index is 12.7. The number of piperazine rings is 1. The molecule has 0 aromatic carbocycles. The Morgan fingerprint density at radius 3 is 2.44 bits per heavy atom. The highest BCUT2D eigenvalue weighted by Gasteiger charge is 2.50. The van der Waals surface area contributed by atoms with Crippen LogP contribution in [-0.4, -0.2) is 34.8 Å². The fourth-order valence-electron chi connectivity index (χ4n) is 3.68. The molecule has 1 spiro atoms. The van der Waals surface area contributed by atoms with Gasteiger partial charge in [0.2, 0.25) is 11.8 Å². The molecule has 0 aromatic rings. The smallest absolute Gasteiger partial charge is 0.249 e. The van der Waals surface area contributed by atoms with Crippen molar-refractivity contribution in [3.05, 3.63) is 0 Å². The Hall–Kier alpha value is -1.06. The van der Waals surface area contributed by atoms with Crippen LogP contribution in [0.3, 0.4) is 0 Å². The summed E-state index contributed by atoms with van der Waals surface area (Å²) in [7, 11) is 0. The Labute approximate surface area is 108 Å². The first-order valence-electron chi connectivity index (χ1n) is 7.24. The van der Waals surface area contributed by atoms with Crippen LogP contribution in [0.5, 0.6) is 0 Å². The molecule has 4 heteroatoms. The molecular formula is C14H22N2O2. The van der Waals surface area contributed by atoms with Crippen LogP contribution in [0, 0.1) is 5.92 Å². The number of hydrogen-bond donors (Lipinski definition) is 1. The van der Waals surface area contributed by atoms with Crippen molar-refractivity contribution in [2.75, 3.05) is 6.54 Å². The van der Waals surface area contributed by atoms with Crippen LogP contribution in [0.4, 0.5) is 0 Å². The number of carbonyl (C=O) groups is 2. The number of carbonyl (C=O) groups excluding carboxylic acids is 2. The first-order valence-corrected chi connectivity index (χ1v) is 7.24. The molecule has 4 nitrogen and oxygen atoms in total. The third-order valence-electron chi connectivity index (χ3n) is 5.14. The molecule has 1 N–H and O–H groups in total. The molecule has 18 heavy (non-hydrogen) atoms. The van der Waals surface area contributed by atoms with E-state index >= 15 is 0 Å². The van der Waals surface area contributed by atoms with Crippen LogP contribution in [0.1, 0.15) is 51.9 Å². The van der Waals surface area contributed by atoms with Gasteiger partial charge in [0.15, 0.2) is 0 Å². The van der Waals surface area contributed by atoms with Crippen molar-refractivity contribution in [1.29, 1.82) is 0 Å². The van der Waals surface area contributed by atoms with Crippen LogP contribution in [-0.2, 0) is 9.59 Å². The van der Waals surface area contributed by atoms with E-state index in [2.05, 4.69) is 12.2 Å². The molecule has 0 bridgehead atoms. The van der Waals surface area contributed by atoms with E-state index in [9.17, 15) is 9.59 Å². The molecule has 1 saturated heterocycles. The highest BCUT2D eigenvalue weighted by molar-refractivity contribution is 5.98. The Balaban J connectivity index is 1.80. The molecular weight excluding hydrogens is 228 g/mol. The lowest BCUT2D eigenvalue weighted by Gasteiger charge is -2.46. The summed E-state index contributed by atoms with van der Waals surface area (Å²) in [5.74, 6) is 0.819. The SMILES string of the molecule is CC(C1CCC1)N1CC(=O)NC2(CCCC2)C1=O. The lowest BCUT2D eigenvalue weighted by atomic mass is 9.78. The lowest BCUT2D eigenvalue weighted by Crippen LogP contribution is -2.67. The van der Waals surface area contributed by atoms with Crippen molar-refractivity contribution in [2.24, 2.45) is 5.92 Å². The zero-order chi connectivity index (χ0) is 12.8. The largest absolute Gasteiger partial charge is 0.340 e. The van der Waals surface area contributed by atoms with Gasteiger partial charge in [-0.1, -0.05) is 19.3 Å². The molecule has 100 valence electrons. The number of amides is 2. The third kappa shape index (κ3) is 1.73. The van der Waals surface area contributed by atoms with Crippen molar-refractivity contribution in [1.82, 2.24) is 10.2 Å². The summed E-state index contributed by atoms with van der Waals surface area (Å²) in [6.07, 6.45) is 7.44. The van der Waals surface area contributed by atoms with E-state index in [0.717, 1.165) is 25.7 Å². The topological polar surface area (TPSA) is 49.4 Å². The average Bonchev–Trinajstić information content (AvgIpc) is 2.70. The molecule has 1 aliphatic heterocycles. The molecule has 2 saturated carbocycles. The van der Waals surface area contributed by atoms with Crippen LogP contribution < -0.4 is 5.32 Å². The van der Waals surface area contributed by atoms with E-state index in [1.165, 1.54) is 19.3 Å². The van der Waals surface area contributed by atoms with E-state index < -0.39 is 5.54 Å². The second kappa shape index (κ2) is 4.25. The van der Waals surface area contributed by atoms with Gasteiger partial charge in [-0.15, -0.1) is 0 Å².